The van der Waals surface area contributed by atoms with Crippen LogP contribution in [0.15, 0.2) is 53.4 Å². The summed E-state index contributed by atoms with van der Waals surface area (Å²) in [6.07, 6.45) is 1.52. The predicted molar refractivity (Wildman–Crippen MR) is 106 cm³/mol. The molecule has 0 bridgehead atoms. The number of sulfonamides is 1. The van der Waals surface area contributed by atoms with Gasteiger partial charge in [0.15, 0.2) is 0 Å². The Morgan fingerprint density at radius 2 is 1.81 bits per heavy atom. The summed E-state index contributed by atoms with van der Waals surface area (Å²) in [5.41, 5.74) is 0.315. The molecule has 0 radical (unpaired) electrons. The molecule has 0 aliphatic heterocycles. The zero-order valence-electron chi connectivity index (χ0n) is 15.3. The van der Waals surface area contributed by atoms with Gasteiger partial charge in [-0.3, -0.25) is 4.79 Å². The molecule has 1 amide bonds. The molecule has 0 aliphatic carbocycles. The lowest BCUT2D eigenvalue weighted by Gasteiger charge is -2.12. The molecule has 2 rings (SSSR count). The Kier molecular flexibility index (Phi) is 7.65. The number of ether oxygens (including phenoxy) is 1. The van der Waals surface area contributed by atoms with Crippen molar-refractivity contribution in [1.82, 2.24) is 9.62 Å². The van der Waals surface area contributed by atoms with E-state index < -0.39 is 10.0 Å². The molecule has 0 aromatic heterocycles. The molecule has 0 heterocycles. The Morgan fingerprint density at radius 1 is 1.11 bits per heavy atom. The molecule has 0 atom stereocenters. The van der Waals surface area contributed by atoms with Gasteiger partial charge in [-0.05, 0) is 55.3 Å². The number of benzene rings is 2. The first-order valence-electron chi connectivity index (χ1n) is 8.50. The van der Waals surface area contributed by atoms with E-state index in [1.165, 1.54) is 26.2 Å². The third kappa shape index (κ3) is 6.23. The summed E-state index contributed by atoms with van der Waals surface area (Å²) < 4.78 is 31.0. The second kappa shape index (κ2) is 9.73. The van der Waals surface area contributed by atoms with Gasteiger partial charge in [-0.25, -0.2) is 12.7 Å². The van der Waals surface area contributed by atoms with Gasteiger partial charge in [0.05, 0.1) is 11.5 Å². The molecule has 1 N–H and O–H groups in total. The maximum absolute atomic E-state index is 12.2. The fourth-order valence-electron chi connectivity index (χ4n) is 2.26. The first-order valence-corrected chi connectivity index (χ1v) is 10.3. The van der Waals surface area contributed by atoms with E-state index in [2.05, 4.69) is 5.32 Å². The molecule has 2 aromatic carbocycles. The Balaban J connectivity index is 1.76. The van der Waals surface area contributed by atoms with Crippen LogP contribution in [0.4, 0.5) is 0 Å². The number of amides is 1. The van der Waals surface area contributed by atoms with Crippen LogP contribution in [0.2, 0.25) is 5.02 Å². The quantitative estimate of drug-likeness (QED) is 0.644. The zero-order chi connectivity index (χ0) is 19.9. The van der Waals surface area contributed by atoms with Gasteiger partial charge in [-0.15, -0.1) is 0 Å². The number of carbonyl (C=O) groups excluding carboxylic acids is 1. The van der Waals surface area contributed by atoms with E-state index in [4.69, 9.17) is 16.3 Å². The summed E-state index contributed by atoms with van der Waals surface area (Å²) in [6.45, 7) is 1.02. The van der Waals surface area contributed by atoms with Crippen LogP contribution >= 0.6 is 11.6 Å². The van der Waals surface area contributed by atoms with E-state index in [1.54, 1.807) is 36.4 Å². The average molecular weight is 411 g/mol. The highest BCUT2D eigenvalue weighted by atomic mass is 35.5. The highest BCUT2D eigenvalue weighted by Crippen LogP contribution is 2.16. The molecule has 27 heavy (non-hydrogen) atoms. The van der Waals surface area contributed by atoms with Gasteiger partial charge >= 0.3 is 0 Å². The zero-order valence-corrected chi connectivity index (χ0v) is 16.9. The van der Waals surface area contributed by atoms with Crippen molar-refractivity contribution in [1.29, 1.82) is 0 Å². The van der Waals surface area contributed by atoms with Crippen LogP contribution in [-0.2, 0) is 10.0 Å². The minimum absolute atomic E-state index is 0.0940. The number of nitrogens with one attached hydrogen (secondary N) is 1. The van der Waals surface area contributed by atoms with Crippen LogP contribution in [-0.4, -0.2) is 45.9 Å². The maximum Gasteiger partial charge on any atom is 0.251 e. The molecule has 0 unspecified atom stereocenters. The lowest BCUT2D eigenvalue weighted by atomic mass is 10.2. The molecule has 2 aromatic rings. The summed E-state index contributed by atoms with van der Waals surface area (Å²) in [5, 5.41) is 3.45. The number of unbranched alkanes of at least 4 members (excludes halogenated alkanes) is 1. The van der Waals surface area contributed by atoms with E-state index in [0.717, 1.165) is 22.9 Å². The van der Waals surface area contributed by atoms with Crippen molar-refractivity contribution in [2.24, 2.45) is 0 Å². The van der Waals surface area contributed by atoms with Gasteiger partial charge in [0.25, 0.3) is 5.91 Å². The van der Waals surface area contributed by atoms with Gasteiger partial charge in [0, 0.05) is 31.2 Å². The lowest BCUT2D eigenvalue weighted by Crippen LogP contribution is -2.26. The molecule has 6 nitrogen and oxygen atoms in total. The third-order valence-corrected chi connectivity index (χ3v) is 5.88. The summed E-state index contributed by atoms with van der Waals surface area (Å²) in [5.74, 6) is 0.451. The second-order valence-corrected chi connectivity index (χ2v) is 8.67. The van der Waals surface area contributed by atoms with E-state index >= 15 is 0 Å². The highest BCUT2D eigenvalue weighted by Gasteiger charge is 2.18. The van der Waals surface area contributed by atoms with Gasteiger partial charge in [-0.1, -0.05) is 17.7 Å². The number of hydrogen-bond donors (Lipinski definition) is 1. The van der Waals surface area contributed by atoms with Crippen LogP contribution in [0, 0.1) is 0 Å². The lowest BCUT2D eigenvalue weighted by molar-refractivity contribution is 0.0952. The number of hydrogen-bond acceptors (Lipinski definition) is 4. The SMILES string of the molecule is CN(C)S(=O)(=O)c1cccc(C(=O)NCCCCOc2ccc(Cl)cc2)c1. The number of halogens is 1. The van der Waals surface area contributed by atoms with Crippen LogP contribution in [0.1, 0.15) is 23.2 Å². The van der Waals surface area contributed by atoms with Crippen molar-refractivity contribution < 1.29 is 17.9 Å². The summed E-state index contributed by atoms with van der Waals surface area (Å²) in [4.78, 5) is 12.3. The minimum atomic E-state index is -3.57. The van der Waals surface area contributed by atoms with Crippen LogP contribution in [0.25, 0.3) is 0 Å². The fourth-order valence-corrected chi connectivity index (χ4v) is 3.33. The summed E-state index contributed by atoms with van der Waals surface area (Å²) >= 11 is 5.81. The van der Waals surface area contributed by atoms with E-state index in [-0.39, 0.29) is 10.8 Å². The second-order valence-electron chi connectivity index (χ2n) is 6.08. The van der Waals surface area contributed by atoms with E-state index in [1.807, 2.05) is 0 Å². The van der Waals surface area contributed by atoms with Gasteiger partial charge < -0.3 is 10.1 Å². The van der Waals surface area contributed by atoms with Crippen LogP contribution in [0.5, 0.6) is 5.75 Å². The number of nitrogens with zero attached hydrogens (tertiary/aromatic N) is 1. The smallest absolute Gasteiger partial charge is 0.251 e. The van der Waals surface area contributed by atoms with Crippen molar-refractivity contribution in [2.75, 3.05) is 27.2 Å². The average Bonchev–Trinajstić information content (AvgIpc) is 2.65. The molecule has 146 valence electrons. The molecular formula is C19H23ClN2O4S. The first-order chi connectivity index (χ1) is 12.8. The third-order valence-electron chi connectivity index (χ3n) is 3.81. The van der Waals surface area contributed by atoms with Gasteiger partial charge in [0.1, 0.15) is 5.75 Å². The van der Waals surface area contributed by atoms with Crippen LogP contribution < -0.4 is 10.1 Å². The number of rotatable bonds is 9. The largest absolute Gasteiger partial charge is 0.494 e. The Morgan fingerprint density at radius 3 is 2.48 bits per heavy atom. The van der Waals surface area contributed by atoms with E-state index in [9.17, 15) is 13.2 Å². The van der Waals surface area contributed by atoms with Crippen molar-refractivity contribution >= 4 is 27.5 Å². The monoisotopic (exact) mass is 410 g/mol. The van der Waals surface area contributed by atoms with Crippen molar-refractivity contribution in [3.05, 3.63) is 59.1 Å². The van der Waals surface area contributed by atoms with Crippen molar-refractivity contribution in [2.45, 2.75) is 17.7 Å². The normalized spacial score (nSPS) is 11.4. The summed E-state index contributed by atoms with van der Waals surface area (Å²) in [7, 11) is -0.661. The molecule has 0 saturated carbocycles. The first kappa shape index (κ1) is 21.2. The Labute approximate surface area is 165 Å². The maximum atomic E-state index is 12.2. The van der Waals surface area contributed by atoms with Crippen LogP contribution in [0.3, 0.4) is 0 Å². The summed E-state index contributed by atoms with van der Waals surface area (Å²) in [6, 6.07) is 13.1. The molecule has 8 heteroatoms. The Bertz CT molecular complexity index is 868. The molecule has 0 fully saturated rings. The highest BCUT2D eigenvalue weighted by molar-refractivity contribution is 7.89. The molecular weight excluding hydrogens is 388 g/mol. The fraction of sp³-hybridized carbons (Fsp3) is 0.316. The molecule has 0 spiro atoms. The topological polar surface area (TPSA) is 75.7 Å². The van der Waals surface area contributed by atoms with Gasteiger partial charge in [-0.2, -0.15) is 0 Å². The van der Waals surface area contributed by atoms with Crippen molar-refractivity contribution in [3.8, 4) is 5.75 Å². The van der Waals surface area contributed by atoms with Gasteiger partial charge in [0.2, 0.25) is 10.0 Å². The van der Waals surface area contributed by atoms with E-state index in [0.29, 0.717) is 23.7 Å². The van der Waals surface area contributed by atoms with Crippen molar-refractivity contribution in [3.63, 3.8) is 0 Å². The Hall–Kier alpha value is -2.09. The standard InChI is InChI=1S/C19H23ClN2O4S/c1-22(2)27(24,25)18-7-5-6-15(14-18)19(23)21-12-3-4-13-26-17-10-8-16(20)9-11-17/h5-11,14H,3-4,12-13H2,1-2H3,(H,21,23). The minimum Gasteiger partial charge on any atom is -0.494 e. The molecule has 0 aliphatic rings. The molecule has 0 saturated heterocycles. The number of carbonyl (C=O) groups is 1. The predicted octanol–water partition coefficient (Wildman–Crippen LogP) is 3.18.